The van der Waals surface area contributed by atoms with E-state index in [2.05, 4.69) is 15.5 Å². The Bertz CT molecular complexity index is 455. The number of rotatable bonds is 4. The number of aromatic nitrogens is 4. The Hall–Kier alpha value is -1.76. The van der Waals surface area contributed by atoms with Crippen LogP contribution in [-0.2, 0) is 5.75 Å². The van der Waals surface area contributed by atoms with Crippen molar-refractivity contribution < 1.29 is 4.74 Å². The average Bonchev–Trinajstić information content (AvgIpc) is 2.73. The highest BCUT2D eigenvalue weighted by molar-refractivity contribution is 7.98. The van der Waals surface area contributed by atoms with Gasteiger partial charge in [0.05, 0.1) is 7.11 Å². The van der Waals surface area contributed by atoms with Crippen LogP contribution in [0.3, 0.4) is 0 Å². The number of benzene rings is 1. The molecule has 0 spiro atoms. The molecule has 6 nitrogen and oxygen atoms in total. The van der Waals surface area contributed by atoms with Crippen molar-refractivity contribution in [2.45, 2.75) is 10.9 Å². The van der Waals surface area contributed by atoms with Gasteiger partial charge in [-0.3, -0.25) is 0 Å². The molecule has 0 saturated carbocycles. The predicted octanol–water partition coefficient (Wildman–Crippen LogP) is 0.688. The Morgan fingerprint density at radius 2 is 2.12 bits per heavy atom. The minimum Gasteiger partial charge on any atom is -0.497 e. The first-order chi connectivity index (χ1) is 7.79. The van der Waals surface area contributed by atoms with Gasteiger partial charge in [-0.25, -0.2) is 0 Å². The SMILES string of the molecule is COc1ccc(CSc2nnnn2N)cc1. The fourth-order valence-corrected chi connectivity index (χ4v) is 1.90. The third-order valence-corrected chi connectivity index (χ3v) is 2.99. The fraction of sp³-hybridized carbons (Fsp3) is 0.222. The summed E-state index contributed by atoms with van der Waals surface area (Å²) < 4.78 is 5.08. The van der Waals surface area contributed by atoms with Crippen LogP contribution in [0.4, 0.5) is 0 Å². The summed E-state index contributed by atoms with van der Waals surface area (Å²) in [6, 6.07) is 7.83. The molecule has 0 radical (unpaired) electrons. The zero-order valence-corrected chi connectivity index (χ0v) is 9.52. The van der Waals surface area contributed by atoms with Gasteiger partial charge in [0.1, 0.15) is 5.75 Å². The van der Waals surface area contributed by atoms with E-state index in [0.29, 0.717) is 5.16 Å². The molecule has 16 heavy (non-hydrogen) atoms. The Balaban J connectivity index is 1.97. The molecule has 0 aliphatic heterocycles. The summed E-state index contributed by atoms with van der Waals surface area (Å²) in [5.74, 6) is 7.10. The summed E-state index contributed by atoms with van der Waals surface area (Å²) in [5.41, 5.74) is 1.16. The zero-order valence-electron chi connectivity index (χ0n) is 8.70. The number of thioether (sulfide) groups is 1. The summed E-state index contributed by atoms with van der Waals surface area (Å²) in [5, 5.41) is 11.4. The van der Waals surface area contributed by atoms with Crippen LogP contribution in [0.5, 0.6) is 5.75 Å². The third kappa shape index (κ3) is 2.43. The maximum atomic E-state index is 5.49. The first-order valence-corrected chi connectivity index (χ1v) is 5.57. The second-order valence-electron chi connectivity index (χ2n) is 3.04. The zero-order chi connectivity index (χ0) is 11.4. The smallest absolute Gasteiger partial charge is 0.230 e. The van der Waals surface area contributed by atoms with Crippen LogP contribution >= 0.6 is 11.8 Å². The van der Waals surface area contributed by atoms with Crippen molar-refractivity contribution in [1.29, 1.82) is 0 Å². The third-order valence-electron chi connectivity index (χ3n) is 1.99. The molecule has 0 aliphatic rings. The van der Waals surface area contributed by atoms with Crippen molar-refractivity contribution in [3.63, 3.8) is 0 Å². The quantitative estimate of drug-likeness (QED) is 0.622. The molecule has 0 amide bonds. The van der Waals surface area contributed by atoms with Gasteiger partial charge in [0.25, 0.3) is 0 Å². The van der Waals surface area contributed by atoms with Crippen LogP contribution in [0, 0.1) is 0 Å². The topological polar surface area (TPSA) is 78.9 Å². The van der Waals surface area contributed by atoms with E-state index in [9.17, 15) is 0 Å². The van der Waals surface area contributed by atoms with Crippen molar-refractivity contribution in [2.75, 3.05) is 13.0 Å². The van der Waals surface area contributed by atoms with Gasteiger partial charge in [0, 0.05) is 5.75 Å². The standard InChI is InChI=1S/C9H11N5OS/c1-15-8-4-2-7(3-5-8)6-16-9-11-12-13-14(9)10/h2-5H,6,10H2,1H3. The number of nitrogens with zero attached hydrogens (tertiary/aromatic N) is 4. The number of hydrogen-bond donors (Lipinski definition) is 1. The molecular formula is C9H11N5OS. The lowest BCUT2D eigenvalue weighted by atomic mass is 10.2. The van der Waals surface area contributed by atoms with Gasteiger partial charge < -0.3 is 10.6 Å². The van der Waals surface area contributed by atoms with Crippen LogP contribution in [0.2, 0.25) is 0 Å². The van der Waals surface area contributed by atoms with E-state index >= 15 is 0 Å². The van der Waals surface area contributed by atoms with Crippen LogP contribution in [-0.4, -0.2) is 27.4 Å². The summed E-state index contributed by atoms with van der Waals surface area (Å²) in [4.78, 5) is 1.16. The Labute approximate surface area is 96.7 Å². The Morgan fingerprint density at radius 3 is 2.69 bits per heavy atom. The first kappa shape index (κ1) is 10.7. The lowest BCUT2D eigenvalue weighted by molar-refractivity contribution is 0.414. The Morgan fingerprint density at radius 1 is 1.38 bits per heavy atom. The molecule has 0 saturated heterocycles. The largest absolute Gasteiger partial charge is 0.497 e. The number of ether oxygens (including phenoxy) is 1. The van der Waals surface area contributed by atoms with Crippen molar-refractivity contribution in [2.24, 2.45) is 0 Å². The minimum atomic E-state index is 0.593. The van der Waals surface area contributed by atoms with Crippen LogP contribution in [0.25, 0.3) is 0 Å². The second-order valence-corrected chi connectivity index (χ2v) is 3.99. The van der Waals surface area contributed by atoms with Crippen molar-refractivity contribution in [3.8, 4) is 5.75 Å². The number of nitrogens with two attached hydrogens (primary N) is 1. The van der Waals surface area contributed by atoms with Crippen LogP contribution in [0.1, 0.15) is 5.56 Å². The minimum absolute atomic E-state index is 0.593. The van der Waals surface area contributed by atoms with Gasteiger partial charge in [0.2, 0.25) is 5.16 Å². The molecule has 0 aliphatic carbocycles. The molecule has 2 rings (SSSR count). The van der Waals surface area contributed by atoms with E-state index in [0.717, 1.165) is 21.9 Å². The molecule has 1 heterocycles. The van der Waals surface area contributed by atoms with Gasteiger partial charge in [-0.05, 0) is 28.1 Å². The van der Waals surface area contributed by atoms with E-state index in [1.165, 1.54) is 11.8 Å². The molecule has 84 valence electrons. The normalized spacial score (nSPS) is 10.3. The predicted molar refractivity (Wildman–Crippen MR) is 60.5 cm³/mol. The lowest BCUT2D eigenvalue weighted by Gasteiger charge is -2.02. The van der Waals surface area contributed by atoms with E-state index in [4.69, 9.17) is 10.6 Å². The average molecular weight is 237 g/mol. The van der Waals surface area contributed by atoms with Crippen molar-refractivity contribution >= 4 is 11.8 Å². The Kier molecular flexibility index (Phi) is 3.25. The van der Waals surface area contributed by atoms with Gasteiger partial charge in [-0.1, -0.05) is 29.0 Å². The molecule has 0 atom stereocenters. The molecule has 7 heteroatoms. The molecule has 2 aromatic rings. The van der Waals surface area contributed by atoms with Crippen LogP contribution < -0.4 is 10.6 Å². The first-order valence-electron chi connectivity index (χ1n) is 4.59. The lowest BCUT2D eigenvalue weighted by Crippen LogP contribution is -2.11. The number of hydrogen-bond acceptors (Lipinski definition) is 6. The fourth-order valence-electron chi connectivity index (χ4n) is 1.15. The summed E-state index contributed by atoms with van der Waals surface area (Å²) in [6.45, 7) is 0. The molecule has 0 bridgehead atoms. The molecule has 1 aromatic carbocycles. The summed E-state index contributed by atoms with van der Waals surface area (Å²) >= 11 is 1.48. The molecule has 0 unspecified atom stereocenters. The second kappa shape index (κ2) is 4.84. The van der Waals surface area contributed by atoms with E-state index < -0.39 is 0 Å². The van der Waals surface area contributed by atoms with Crippen LogP contribution in [0.15, 0.2) is 29.4 Å². The summed E-state index contributed by atoms with van der Waals surface area (Å²) in [6.07, 6.45) is 0. The highest BCUT2D eigenvalue weighted by atomic mass is 32.2. The summed E-state index contributed by atoms with van der Waals surface area (Å²) in [7, 11) is 1.65. The van der Waals surface area contributed by atoms with E-state index in [1.807, 2.05) is 24.3 Å². The molecule has 0 fully saturated rings. The highest BCUT2D eigenvalue weighted by Crippen LogP contribution is 2.20. The van der Waals surface area contributed by atoms with Gasteiger partial charge in [-0.2, -0.15) is 0 Å². The van der Waals surface area contributed by atoms with E-state index in [-0.39, 0.29) is 0 Å². The van der Waals surface area contributed by atoms with Gasteiger partial charge >= 0.3 is 0 Å². The monoisotopic (exact) mass is 237 g/mol. The number of nitrogen functional groups attached to an aromatic ring is 1. The van der Waals surface area contributed by atoms with Gasteiger partial charge in [0.15, 0.2) is 0 Å². The van der Waals surface area contributed by atoms with Gasteiger partial charge in [-0.15, -0.1) is 4.79 Å². The maximum absolute atomic E-state index is 5.49. The maximum Gasteiger partial charge on any atom is 0.230 e. The number of tetrazole rings is 1. The number of methoxy groups -OCH3 is 1. The van der Waals surface area contributed by atoms with Crippen molar-refractivity contribution in [1.82, 2.24) is 20.3 Å². The molecular weight excluding hydrogens is 226 g/mol. The highest BCUT2D eigenvalue weighted by Gasteiger charge is 2.03. The van der Waals surface area contributed by atoms with Crippen molar-refractivity contribution in [3.05, 3.63) is 29.8 Å². The van der Waals surface area contributed by atoms with E-state index in [1.54, 1.807) is 7.11 Å². The molecule has 2 N–H and O–H groups in total. The molecule has 1 aromatic heterocycles.